The number of nitrogens with zero attached hydrogens (tertiary/aromatic N) is 3. The first-order valence-electron chi connectivity index (χ1n) is 4.69. The predicted molar refractivity (Wildman–Crippen MR) is 58.0 cm³/mol. The first-order valence-corrected chi connectivity index (χ1v) is 5.07. The Hall–Kier alpha value is -1.21. The van der Waals surface area contributed by atoms with Gasteiger partial charge in [0.15, 0.2) is 5.65 Å². The normalized spacial score (nSPS) is 15.2. The standard InChI is InChI=1S/C9H11ClN4O2/c10-7-1-2-14-9(13-7)5(4-12-14)8(16)6(15)3-11/h1-2,4,6,8,15-16H,3,11H2. The third-order valence-corrected chi connectivity index (χ3v) is 2.50. The van der Waals surface area contributed by atoms with E-state index in [1.54, 1.807) is 12.3 Å². The van der Waals surface area contributed by atoms with Crippen molar-refractivity contribution in [2.24, 2.45) is 5.73 Å². The van der Waals surface area contributed by atoms with E-state index >= 15 is 0 Å². The van der Waals surface area contributed by atoms with Crippen molar-refractivity contribution in [1.82, 2.24) is 14.6 Å². The highest BCUT2D eigenvalue weighted by Gasteiger charge is 2.21. The minimum atomic E-state index is -1.12. The van der Waals surface area contributed by atoms with Gasteiger partial charge in [0.25, 0.3) is 0 Å². The molecule has 0 radical (unpaired) electrons. The molecule has 0 aliphatic heterocycles. The number of aliphatic hydroxyl groups excluding tert-OH is 2. The summed E-state index contributed by atoms with van der Waals surface area (Å²) in [7, 11) is 0. The van der Waals surface area contributed by atoms with Gasteiger partial charge in [-0.25, -0.2) is 9.50 Å². The molecule has 2 rings (SSSR count). The fourth-order valence-corrected chi connectivity index (χ4v) is 1.55. The van der Waals surface area contributed by atoms with Crippen molar-refractivity contribution in [3.05, 3.63) is 29.2 Å². The van der Waals surface area contributed by atoms with E-state index in [4.69, 9.17) is 17.3 Å². The molecule has 86 valence electrons. The maximum Gasteiger partial charge on any atom is 0.162 e. The van der Waals surface area contributed by atoms with Crippen molar-refractivity contribution in [3.8, 4) is 0 Å². The molecule has 0 bridgehead atoms. The van der Waals surface area contributed by atoms with E-state index in [0.29, 0.717) is 16.4 Å². The number of fused-ring (bicyclic) bond motifs is 1. The quantitative estimate of drug-likeness (QED) is 0.644. The van der Waals surface area contributed by atoms with Gasteiger partial charge >= 0.3 is 0 Å². The Labute approximate surface area is 96.3 Å². The van der Waals surface area contributed by atoms with Gasteiger partial charge in [-0.3, -0.25) is 0 Å². The van der Waals surface area contributed by atoms with E-state index in [-0.39, 0.29) is 6.54 Å². The lowest BCUT2D eigenvalue weighted by Gasteiger charge is -2.14. The van der Waals surface area contributed by atoms with Crippen molar-refractivity contribution < 1.29 is 10.2 Å². The van der Waals surface area contributed by atoms with Crippen LogP contribution in [0.1, 0.15) is 11.7 Å². The molecule has 0 saturated carbocycles. The Morgan fingerprint density at radius 2 is 2.25 bits per heavy atom. The first-order chi connectivity index (χ1) is 7.63. The Balaban J connectivity index is 2.48. The van der Waals surface area contributed by atoms with Crippen molar-refractivity contribution in [3.63, 3.8) is 0 Å². The van der Waals surface area contributed by atoms with Gasteiger partial charge < -0.3 is 15.9 Å². The molecule has 0 aliphatic carbocycles. The Kier molecular flexibility index (Phi) is 3.06. The number of nitrogens with two attached hydrogens (primary N) is 1. The third-order valence-electron chi connectivity index (χ3n) is 2.29. The van der Waals surface area contributed by atoms with Crippen LogP contribution in [0.3, 0.4) is 0 Å². The van der Waals surface area contributed by atoms with Crippen molar-refractivity contribution in [2.75, 3.05) is 6.54 Å². The summed E-state index contributed by atoms with van der Waals surface area (Å²) in [5, 5.41) is 23.5. The molecule has 2 aromatic heterocycles. The average molecular weight is 243 g/mol. The van der Waals surface area contributed by atoms with Crippen LogP contribution in [-0.2, 0) is 0 Å². The van der Waals surface area contributed by atoms with Gasteiger partial charge in [-0.2, -0.15) is 5.10 Å². The summed E-state index contributed by atoms with van der Waals surface area (Å²) in [5.41, 5.74) is 6.08. The average Bonchev–Trinajstić information content (AvgIpc) is 2.69. The van der Waals surface area contributed by atoms with E-state index in [1.807, 2.05) is 0 Å². The zero-order valence-corrected chi connectivity index (χ0v) is 9.04. The molecular weight excluding hydrogens is 232 g/mol. The SMILES string of the molecule is NCC(O)C(O)c1cnn2ccc(Cl)nc12. The molecular formula is C9H11ClN4O2. The van der Waals surface area contributed by atoms with Crippen LogP contribution in [0.4, 0.5) is 0 Å². The van der Waals surface area contributed by atoms with Crippen LogP contribution >= 0.6 is 11.6 Å². The number of hydrogen-bond acceptors (Lipinski definition) is 5. The molecule has 0 spiro atoms. The fraction of sp³-hybridized carbons (Fsp3) is 0.333. The second kappa shape index (κ2) is 4.34. The van der Waals surface area contributed by atoms with Crippen LogP contribution in [0.15, 0.2) is 18.5 Å². The lowest BCUT2D eigenvalue weighted by molar-refractivity contribution is 0.0251. The zero-order chi connectivity index (χ0) is 11.7. The van der Waals surface area contributed by atoms with Gasteiger partial charge in [-0.05, 0) is 6.07 Å². The monoisotopic (exact) mass is 242 g/mol. The largest absolute Gasteiger partial charge is 0.389 e. The van der Waals surface area contributed by atoms with Crippen LogP contribution in [0.5, 0.6) is 0 Å². The summed E-state index contributed by atoms with van der Waals surface area (Å²) in [6, 6.07) is 1.58. The summed E-state index contributed by atoms with van der Waals surface area (Å²) in [6.45, 7) is -0.0426. The lowest BCUT2D eigenvalue weighted by atomic mass is 10.1. The molecule has 0 saturated heterocycles. The molecule has 2 heterocycles. The maximum atomic E-state index is 9.80. The highest BCUT2D eigenvalue weighted by atomic mass is 35.5. The van der Waals surface area contributed by atoms with Gasteiger partial charge in [-0.15, -0.1) is 0 Å². The highest BCUT2D eigenvalue weighted by Crippen LogP contribution is 2.21. The molecule has 0 aromatic carbocycles. The molecule has 7 heteroatoms. The molecule has 2 aromatic rings. The summed E-state index contributed by atoms with van der Waals surface area (Å²) >= 11 is 5.74. The molecule has 0 fully saturated rings. The Morgan fingerprint density at radius 3 is 2.94 bits per heavy atom. The van der Waals surface area contributed by atoms with Crippen molar-refractivity contribution >= 4 is 17.2 Å². The Bertz CT molecular complexity index is 501. The molecule has 0 aliphatic rings. The summed E-state index contributed by atoms with van der Waals surface area (Å²) < 4.78 is 1.47. The third kappa shape index (κ3) is 1.88. The van der Waals surface area contributed by atoms with E-state index in [0.717, 1.165) is 0 Å². The number of aromatic nitrogens is 3. The summed E-state index contributed by atoms with van der Waals surface area (Å²) in [6.07, 6.45) is 0.889. The molecule has 2 atom stereocenters. The second-order valence-electron chi connectivity index (χ2n) is 3.37. The van der Waals surface area contributed by atoms with Gasteiger partial charge in [-0.1, -0.05) is 11.6 Å². The molecule has 16 heavy (non-hydrogen) atoms. The summed E-state index contributed by atoms with van der Waals surface area (Å²) in [5.74, 6) is 0. The van der Waals surface area contributed by atoms with E-state index in [9.17, 15) is 10.2 Å². The Morgan fingerprint density at radius 1 is 1.50 bits per heavy atom. The van der Waals surface area contributed by atoms with Crippen LogP contribution in [0.25, 0.3) is 5.65 Å². The van der Waals surface area contributed by atoms with Gasteiger partial charge in [0.05, 0.1) is 12.3 Å². The maximum absolute atomic E-state index is 9.80. The second-order valence-corrected chi connectivity index (χ2v) is 3.75. The minimum absolute atomic E-state index is 0.0426. The van der Waals surface area contributed by atoms with Gasteiger partial charge in [0.1, 0.15) is 11.3 Å². The first kappa shape index (κ1) is 11.3. The number of aliphatic hydroxyl groups is 2. The number of rotatable bonds is 3. The van der Waals surface area contributed by atoms with Crippen LogP contribution < -0.4 is 5.73 Å². The molecule has 2 unspecified atom stereocenters. The smallest absolute Gasteiger partial charge is 0.162 e. The van der Waals surface area contributed by atoms with Crippen LogP contribution in [0.2, 0.25) is 5.15 Å². The predicted octanol–water partition coefficient (Wildman–Crippen LogP) is -0.264. The van der Waals surface area contributed by atoms with Gasteiger partial charge in [0.2, 0.25) is 0 Å². The van der Waals surface area contributed by atoms with Crippen molar-refractivity contribution in [1.29, 1.82) is 0 Å². The molecule has 6 nitrogen and oxygen atoms in total. The summed E-state index contributed by atoms with van der Waals surface area (Å²) in [4.78, 5) is 4.03. The zero-order valence-electron chi connectivity index (χ0n) is 8.29. The van der Waals surface area contributed by atoms with Crippen molar-refractivity contribution in [2.45, 2.75) is 12.2 Å². The lowest BCUT2D eigenvalue weighted by Crippen LogP contribution is -2.27. The topological polar surface area (TPSA) is 96.7 Å². The van der Waals surface area contributed by atoms with Crippen LogP contribution in [-0.4, -0.2) is 37.5 Å². The highest BCUT2D eigenvalue weighted by molar-refractivity contribution is 6.29. The van der Waals surface area contributed by atoms with E-state index in [1.165, 1.54) is 10.7 Å². The number of halogens is 1. The minimum Gasteiger partial charge on any atom is -0.389 e. The van der Waals surface area contributed by atoms with Crippen LogP contribution in [0, 0.1) is 0 Å². The fourth-order valence-electron chi connectivity index (χ4n) is 1.41. The molecule has 4 N–H and O–H groups in total. The van der Waals surface area contributed by atoms with E-state index in [2.05, 4.69) is 10.1 Å². The van der Waals surface area contributed by atoms with Gasteiger partial charge in [0, 0.05) is 18.3 Å². The molecule has 0 amide bonds. The van der Waals surface area contributed by atoms with E-state index < -0.39 is 12.2 Å². The number of hydrogen-bond donors (Lipinski definition) is 3.